The molecule has 1 amide bonds. The molecule has 0 aromatic rings. The summed E-state index contributed by atoms with van der Waals surface area (Å²) in [6.45, 7) is 6.45. The van der Waals surface area contributed by atoms with E-state index in [1.165, 1.54) is 0 Å². The Morgan fingerprint density at radius 2 is 2.28 bits per heavy atom. The van der Waals surface area contributed by atoms with E-state index in [2.05, 4.69) is 10.5 Å². The van der Waals surface area contributed by atoms with Crippen LogP contribution in [0.3, 0.4) is 0 Å². The second kappa shape index (κ2) is 5.81. The molecule has 0 radical (unpaired) electrons. The average Bonchev–Trinajstić information content (AvgIpc) is 2.75. The Bertz CT molecular complexity index is 364. The Morgan fingerprint density at radius 1 is 1.61 bits per heavy atom. The molecule has 0 saturated carbocycles. The third kappa shape index (κ3) is 3.99. The van der Waals surface area contributed by atoms with Crippen molar-refractivity contribution in [2.75, 3.05) is 13.2 Å². The SMILES string of the molecule is CCOC(C)(C)CNC(=O)C1CC(C(=O)O)=NO1. The third-order valence-corrected chi connectivity index (χ3v) is 2.43. The van der Waals surface area contributed by atoms with Crippen LogP contribution < -0.4 is 5.32 Å². The number of aliphatic carboxylic acids is 1. The normalized spacial score (nSPS) is 19.1. The van der Waals surface area contributed by atoms with Gasteiger partial charge in [0.2, 0.25) is 6.10 Å². The molecule has 0 saturated heterocycles. The second-order valence-corrected chi connectivity index (χ2v) is 4.55. The van der Waals surface area contributed by atoms with Crippen molar-refractivity contribution in [1.82, 2.24) is 5.32 Å². The molecule has 7 heteroatoms. The zero-order valence-electron chi connectivity index (χ0n) is 10.7. The van der Waals surface area contributed by atoms with Crippen molar-refractivity contribution in [2.24, 2.45) is 5.16 Å². The van der Waals surface area contributed by atoms with Crippen molar-refractivity contribution in [3.63, 3.8) is 0 Å². The predicted molar refractivity (Wildman–Crippen MR) is 63.3 cm³/mol. The van der Waals surface area contributed by atoms with Gasteiger partial charge in [-0.2, -0.15) is 0 Å². The summed E-state index contributed by atoms with van der Waals surface area (Å²) < 4.78 is 5.42. The summed E-state index contributed by atoms with van der Waals surface area (Å²) in [6.07, 6.45) is -0.885. The molecule has 0 spiro atoms. The molecule has 0 fully saturated rings. The number of hydrogen-bond donors (Lipinski definition) is 2. The van der Waals surface area contributed by atoms with Gasteiger partial charge < -0.3 is 20.0 Å². The topological polar surface area (TPSA) is 97.2 Å². The summed E-state index contributed by atoms with van der Waals surface area (Å²) in [5.74, 6) is -1.55. The molecule has 102 valence electrons. The molecule has 1 rings (SSSR count). The quantitative estimate of drug-likeness (QED) is 0.706. The Balaban J connectivity index is 2.38. The highest BCUT2D eigenvalue weighted by Gasteiger charge is 2.32. The van der Waals surface area contributed by atoms with Crippen LogP contribution in [0.5, 0.6) is 0 Å². The van der Waals surface area contributed by atoms with E-state index in [0.29, 0.717) is 13.2 Å². The van der Waals surface area contributed by atoms with Gasteiger partial charge in [-0.1, -0.05) is 5.16 Å². The number of carboxylic acids is 1. The number of carbonyl (C=O) groups excluding carboxylic acids is 1. The van der Waals surface area contributed by atoms with Crippen molar-refractivity contribution in [3.05, 3.63) is 0 Å². The number of nitrogens with one attached hydrogen (secondary N) is 1. The van der Waals surface area contributed by atoms with Crippen molar-refractivity contribution in [1.29, 1.82) is 0 Å². The van der Waals surface area contributed by atoms with Crippen LogP contribution >= 0.6 is 0 Å². The van der Waals surface area contributed by atoms with E-state index >= 15 is 0 Å². The first-order valence-corrected chi connectivity index (χ1v) is 5.73. The molecule has 1 atom stereocenters. The molecule has 0 aromatic carbocycles. The molecule has 1 unspecified atom stereocenters. The number of ether oxygens (including phenoxy) is 1. The highest BCUT2D eigenvalue weighted by molar-refractivity contribution is 6.36. The number of nitrogens with zero attached hydrogens (tertiary/aromatic N) is 1. The van der Waals surface area contributed by atoms with E-state index in [1.54, 1.807) is 0 Å². The average molecular weight is 258 g/mol. The maximum absolute atomic E-state index is 11.7. The summed E-state index contributed by atoms with van der Waals surface area (Å²) in [7, 11) is 0. The first-order valence-electron chi connectivity index (χ1n) is 5.73. The summed E-state index contributed by atoms with van der Waals surface area (Å²) >= 11 is 0. The minimum Gasteiger partial charge on any atom is -0.477 e. The van der Waals surface area contributed by atoms with Crippen LogP contribution in [-0.4, -0.2) is 47.6 Å². The van der Waals surface area contributed by atoms with Crippen molar-refractivity contribution in [3.8, 4) is 0 Å². The first kappa shape index (κ1) is 14.4. The zero-order valence-corrected chi connectivity index (χ0v) is 10.7. The van der Waals surface area contributed by atoms with Gasteiger partial charge >= 0.3 is 5.97 Å². The number of carboxylic acid groups (broad SMARTS) is 1. The van der Waals surface area contributed by atoms with Gasteiger partial charge in [-0.3, -0.25) is 4.79 Å². The van der Waals surface area contributed by atoms with Gasteiger partial charge in [0.15, 0.2) is 5.71 Å². The lowest BCUT2D eigenvalue weighted by Gasteiger charge is -2.25. The van der Waals surface area contributed by atoms with E-state index < -0.39 is 17.7 Å². The molecule has 2 N–H and O–H groups in total. The van der Waals surface area contributed by atoms with Crippen LogP contribution in [0.4, 0.5) is 0 Å². The van der Waals surface area contributed by atoms with Crippen LogP contribution in [0.15, 0.2) is 5.16 Å². The summed E-state index contributed by atoms with van der Waals surface area (Å²) in [5, 5.41) is 14.7. The summed E-state index contributed by atoms with van der Waals surface area (Å²) in [6, 6.07) is 0. The van der Waals surface area contributed by atoms with Crippen LogP contribution in [0, 0.1) is 0 Å². The van der Waals surface area contributed by atoms with E-state index in [-0.39, 0.29) is 18.0 Å². The highest BCUT2D eigenvalue weighted by atomic mass is 16.6. The molecular formula is C11H18N2O5. The van der Waals surface area contributed by atoms with Gasteiger partial charge in [0.05, 0.1) is 5.60 Å². The number of hydrogen-bond acceptors (Lipinski definition) is 5. The van der Waals surface area contributed by atoms with Gasteiger partial charge in [-0.05, 0) is 20.8 Å². The van der Waals surface area contributed by atoms with Gasteiger partial charge in [-0.15, -0.1) is 0 Å². The molecule has 1 aliphatic heterocycles. The van der Waals surface area contributed by atoms with Crippen LogP contribution in [0.1, 0.15) is 27.2 Å². The third-order valence-electron chi connectivity index (χ3n) is 2.43. The lowest BCUT2D eigenvalue weighted by molar-refractivity contribution is -0.132. The zero-order chi connectivity index (χ0) is 13.8. The molecule has 1 aliphatic rings. The highest BCUT2D eigenvalue weighted by Crippen LogP contribution is 2.12. The Kier molecular flexibility index (Phi) is 4.66. The lowest BCUT2D eigenvalue weighted by Crippen LogP contribution is -2.44. The second-order valence-electron chi connectivity index (χ2n) is 4.55. The smallest absolute Gasteiger partial charge is 0.353 e. The largest absolute Gasteiger partial charge is 0.477 e. The van der Waals surface area contributed by atoms with Gasteiger partial charge in [-0.25, -0.2) is 4.79 Å². The maximum Gasteiger partial charge on any atom is 0.353 e. The van der Waals surface area contributed by atoms with E-state index in [9.17, 15) is 9.59 Å². The van der Waals surface area contributed by atoms with Crippen molar-refractivity contribution >= 4 is 17.6 Å². The van der Waals surface area contributed by atoms with Crippen molar-refractivity contribution in [2.45, 2.75) is 38.9 Å². The first-order chi connectivity index (χ1) is 8.35. The molecule has 0 bridgehead atoms. The molecule has 1 heterocycles. The summed E-state index contributed by atoms with van der Waals surface area (Å²) in [5.41, 5.74) is -0.612. The van der Waals surface area contributed by atoms with Crippen LogP contribution in [-0.2, 0) is 19.2 Å². The molecule has 18 heavy (non-hydrogen) atoms. The number of amides is 1. The number of oxime groups is 1. The Hall–Kier alpha value is -1.63. The minimum atomic E-state index is -1.17. The standard InChI is InChI=1S/C11H18N2O5/c1-4-17-11(2,3)6-12-9(14)8-5-7(10(15)16)13-18-8/h8H,4-6H2,1-3H3,(H,12,14)(H,15,16). The van der Waals surface area contributed by atoms with E-state index in [1.807, 2.05) is 20.8 Å². The monoisotopic (exact) mass is 258 g/mol. The van der Waals surface area contributed by atoms with E-state index in [4.69, 9.17) is 14.7 Å². The molecule has 0 aromatic heterocycles. The lowest BCUT2D eigenvalue weighted by atomic mass is 10.1. The van der Waals surface area contributed by atoms with Gasteiger partial charge in [0.1, 0.15) is 0 Å². The molecule has 7 nitrogen and oxygen atoms in total. The fraction of sp³-hybridized carbons (Fsp3) is 0.727. The van der Waals surface area contributed by atoms with E-state index in [0.717, 1.165) is 0 Å². The van der Waals surface area contributed by atoms with Crippen LogP contribution in [0.2, 0.25) is 0 Å². The summed E-state index contributed by atoms with van der Waals surface area (Å²) in [4.78, 5) is 27.1. The maximum atomic E-state index is 11.7. The number of carbonyl (C=O) groups is 2. The fourth-order valence-electron chi connectivity index (χ4n) is 1.50. The fourth-order valence-corrected chi connectivity index (χ4v) is 1.50. The molecule has 0 aliphatic carbocycles. The Morgan fingerprint density at radius 3 is 2.78 bits per heavy atom. The van der Waals surface area contributed by atoms with Crippen molar-refractivity contribution < 1.29 is 24.3 Å². The van der Waals surface area contributed by atoms with Gasteiger partial charge in [0.25, 0.3) is 5.91 Å². The van der Waals surface area contributed by atoms with Gasteiger partial charge in [0, 0.05) is 19.6 Å². The Labute approximate surface area is 105 Å². The predicted octanol–water partition coefficient (Wildman–Crippen LogP) is 0.147. The molecular weight excluding hydrogens is 240 g/mol. The van der Waals surface area contributed by atoms with Crippen LogP contribution in [0.25, 0.3) is 0 Å². The number of rotatable bonds is 6. The minimum absolute atomic E-state index is 0.0176.